The van der Waals surface area contributed by atoms with Crippen molar-refractivity contribution in [2.75, 3.05) is 0 Å². The van der Waals surface area contributed by atoms with Gasteiger partial charge in [0.2, 0.25) is 0 Å². The topological polar surface area (TPSA) is 37.3 Å². The average molecular weight is 257 g/mol. The van der Waals surface area contributed by atoms with Gasteiger partial charge in [0.05, 0.1) is 0 Å². The fourth-order valence-corrected chi connectivity index (χ4v) is 1.72. The summed E-state index contributed by atoms with van der Waals surface area (Å²) in [5.41, 5.74) is 0.986. The summed E-state index contributed by atoms with van der Waals surface area (Å²) < 4.78 is 13.6. The fraction of sp³-hybridized carbons (Fsp3) is 0.308. The van der Waals surface area contributed by atoms with E-state index in [1.807, 2.05) is 13.8 Å². The second-order valence-corrected chi connectivity index (χ2v) is 4.50. The molecule has 2 nitrogen and oxygen atoms in total. The Bertz CT molecular complexity index is 432. The molecular weight excluding hydrogens is 243 g/mol. The lowest BCUT2D eigenvalue weighted by molar-refractivity contribution is -0.131. The Balaban J connectivity index is 3.06. The van der Waals surface area contributed by atoms with E-state index in [0.717, 1.165) is 6.08 Å². The van der Waals surface area contributed by atoms with E-state index >= 15 is 0 Å². The molecule has 0 amide bonds. The van der Waals surface area contributed by atoms with E-state index in [2.05, 4.69) is 0 Å². The molecular formula is C13H14ClFO2. The van der Waals surface area contributed by atoms with Crippen LogP contribution in [0, 0.1) is 11.7 Å². The average Bonchev–Trinajstić information content (AvgIpc) is 2.21. The first kappa shape index (κ1) is 13.7. The molecule has 1 rings (SSSR count). The van der Waals surface area contributed by atoms with E-state index in [4.69, 9.17) is 16.7 Å². The highest BCUT2D eigenvalue weighted by atomic mass is 35.5. The standard InChI is InChI=1S/C13H14ClFO2/c1-8(2)9(7-13(16)17)6-10-11(14)4-3-5-12(10)15/h3-5,7-8H,6H2,1-2H3,(H,16,17)/b9-7-. The minimum absolute atomic E-state index is 0.0294. The minimum atomic E-state index is -1.03. The molecule has 0 atom stereocenters. The predicted molar refractivity (Wildman–Crippen MR) is 65.7 cm³/mol. The minimum Gasteiger partial charge on any atom is -0.478 e. The van der Waals surface area contributed by atoms with Crippen LogP contribution < -0.4 is 0 Å². The van der Waals surface area contributed by atoms with Gasteiger partial charge in [-0.15, -0.1) is 0 Å². The number of allylic oxidation sites excluding steroid dienone is 1. The van der Waals surface area contributed by atoms with Gasteiger partial charge in [-0.1, -0.05) is 37.1 Å². The maximum atomic E-state index is 13.6. The Morgan fingerprint density at radius 2 is 2.18 bits per heavy atom. The van der Waals surface area contributed by atoms with Crippen molar-refractivity contribution in [2.24, 2.45) is 5.92 Å². The summed E-state index contributed by atoms with van der Waals surface area (Å²) >= 11 is 5.90. The maximum Gasteiger partial charge on any atom is 0.328 e. The molecule has 0 spiro atoms. The summed E-state index contributed by atoms with van der Waals surface area (Å²) in [6.45, 7) is 3.73. The third kappa shape index (κ3) is 3.86. The monoisotopic (exact) mass is 256 g/mol. The van der Waals surface area contributed by atoms with Crippen molar-refractivity contribution in [2.45, 2.75) is 20.3 Å². The molecule has 0 unspecified atom stereocenters. The Kier molecular flexibility index (Phi) is 4.70. The van der Waals surface area contributed by atoms with E-state index < -0.39 is 11.8 Å². The molecule has 0 aliphatic heterocycles. The second kappa shape index (κ2) is 5.82. The quantitative estimate of drug-likeness (QED) is 0.835. The van der Waals surface area contributed by atoms with E-state index in [0.29, 0.717) is 16.2 Å². The summed E-state index contributed by atoms with van der Waals surface area (Å²) in [4.78, 5) is 10.7. The molecule has 0 bridgehead atoms. The van der Waals surface area contributed by atoms with Crippen molar-refractivity contribution in [3.63, 3.8) is 0 Å². The van der Waals surface area contributed by atoms with Crippen LogP contribution in [0.4, 0.5) is 4.39 Å². The first-order valence-electron chi connectivity index (χ1n) is 5.28. The molecule has 0 aliphatic rings. The van der Waals surface area contributed by atoms with E-state index in [1.165, 1.54) is 12.1 Å². The van der Waals surface area contributed by atoms with Gasteiger partial charge in [-0.05, 0) is 24.5 Å². The molecule has 0 saturated carbocycles. The van der Waals surface area contributed by atoms with Crippen LogP contribution in [0.2, 0.25) is 5.02 Å². The Morgan fingerprint density at radius 1 is 1.53 bits per heavy atom. The van der Waals surface area contributed by atoms with E-state index in [-0.39, 0.29) is 12.3 Å². The fourth-order valence-electron chi connectivity index (χ4n) is 1.49. The van der Waals surface area contributed by atoms with Crippen LogP contribution in [0.1, 0.15) is 19.4 Å². The molecule has 0 fully saturated rings. The second-order valence-electron chi connectivity index (χ2n) is 4.09. The van der Waals surface area contributed by atoms with Crippen LogP contribution in [-0.2, 0) is 11.2 Å². The van der Waals surface area contributed by atoms with Crippen molar-refractivity contribution >= 4 is 17.6 Å². The van der Waals surface area contributed by atoms with Gasteiger partial charge in [-0.3, -0.25) is 0 Å². The van der Waals surface area contributed by atoms with E-state index in [9.17, 15) is 9.18 Å². The molecule has 1 N–H and O–H groups in total. The lowest BCUT2D eigenvalue weighted by Gasteiger charge is -2.12. The molecule has 4 heteroatoms. The number of rotatable bonds is 4. The SMILES string of the molecule is CC(C)/C(=C\C(=O)O)Cc1c(F)cccc1Cl. The van der Waals surface area contributed by atoms with Gasteiger partial charge in [-0.2, -0.15) is 0 Å². The van der Waals surface area contributed by atoms with Gasteiger partial charge in [0.25, 0.3) is 0 Å². The van der Waals surface area contributed by atoms with Crippen LogP contribution in [0.25, 0.3) is 0 Å². The number of carboxylic acid groups (broad SMARTS) is 1. The number of carboxylic acids is 1. The zero-order chi connectivity index (χ0) is 13.0. The van der Waals surface area contributed by atoms with Gasteiger partial charge in [0.15, 0.2) is 0 Å². The van der Waals surface area contributed by atoms with Crippen molar-refractivity contribution < 1.29 is 14.3 Å². The third-order valence-corrected chi connectivity index (χ3v) is 2.85. The van der Waals surface area contributed by atoms with Crippen LogP contribution in [0.3, 0.4) is 0 Å². The molecule has 0 aliphatic carbocycles. The molecule has 0 saturated heterocycles. The summed E-state index contributed by atoms with van der Waals surface area (Å²) in [5, 5.41) is 9.07. The summed E-state index contributed by atoms with van der Waals surface area (Å²) in [5.74, 6) is -1.41. The van der Waals surface area contributed by atoms with Gasteiger partial charge in [0, 0.05) is 16.7 Å². The van der Waals surface area contributed by atoms with Crippen LogP contribution >= 0.6 is 11.6 Å². The van der Waals surface area contributed by atoms with Crippen molar-refractivity contribution in [1.82, 2.24) is 0 Å². The number of aliphatic carboxylic acids is 1. The van der Waals surface area contributed by atoms with Crippen LogP contribution in [0.15, 0.2) is 29.8 Å². The summed E-state index contributed by atoms with van der Waals surface area (Å²) in [6, 6.07) is 4.44. The van der Waals surface area contributed by atoms with E-state index in [1.54, 1.807) is 6.07 Å². The van der Waals surface area contributed by atoms with Crippen LogP contribution in [0.5, 0.6) is 0 Å². The largest absolute Gasteiger partial charge is 0.478 e. The molecule has 1 aromatic rings. The molecule has 0 radical (unpaired) electrons. The van der Waals surface area contributed by atoms with Crippen molar-refractivity contribution in [3.8, 4) is 0 Å². The van der Waals surface area contributed by atoms with Crippen molar-refractivity contribution in [3.05, 3.63) is 46.3 Å². The van der Waals surface area contributed by atoms with Crippen LogP contribution in [-0.4, -0.2) is 11.1 Å². The molecule has 17 heavy (non-hydrogen) atoms. The lowest BCUT2D eigenvalue weighted by atomic mass is 9.95. The highest BCUT2D eigenvalue weighted by Crippen LogP contribution is 2.24. The van der Waals surface area contributed by atoms with Gasteiger partial charge < -0.3 is 5.11 Å². The Morgan fingerprint density at radius 3 is 2.65 bits per heavy atom. The molecule has 0 aromatic heterocycles. The number of halogens is 2. The van der Waals surface area contributed by atoms with Gasteiger partial charge in [0.1, 0.15) is 5.82 Å². The highest BCUT2D eigenvalue weighted by molar-refractivity contribution is 6.31. The summed E-state index contributed by atoms with van der Waals surface area (Å²) in [7, 11) is 0. The first-order chi connectivity index (χ1) is 7.91. The number of carbonyl (C=O) groups is 1. The summed E-state index contributed by atoms with van der Waals surface area (Å²) in [6.07, 6.45) is 1.34. The van der Waals surface area contributed by atoms with Gasteiger partial charge in [-0.25, -0.2) is 9.18 Å². The zero-order valence-corrected chi connectivity index (χ0v) is 10.5. The molecule has 0 heterocycles. The number of benzene rings is 1. The zero-order valence-electron chi connectivity index (χ0n) is 9.71. The smallest absolute Gasteiger partial charge is 0.328 e. The number of hydrogen-bond donors (Lipinski definition) is 1. The normalized spacial score (nSPS) is 11.9. The molecule has 92 valence electrons. The maximum absolute atomic E-state index is 13.6. The Hall–Kier alpha value is -1.35. The highest BCUT2D eigenvalue weighted by Gasteiger charge is 2.12. The number of hydrogen-bond acceptors (Lipinski definition) is 1. The first-order valence-corrected chi connectivity index (χ1v) is 5.66. The lowest BCUT2D eigenvalue weighted by Crippen LogP contribution is -2.04. The van der Waals surface area contributed by atoms with Crippen molar-refractivity contribution in [1.29, 1.82) is 0 Å². The van der Waals surface area contributed by atoms with Gasteiger partial charge >= 0.3 is 5.97 Å². The molecule has 1 aromatic carbocycles. The third-order valence-electron chi connectivity index (χ3n) is 2.49. The Labute approximate surface area is 105 Å². The predicted octanol–water partition coefficient (Wildman–Crippen LogP) is 3.69.